The van der Waals surface area contributed by atoms with E-state index in [1.807, 2.05) is 18.0 Å². The third kappa shape index (κ3) is 2.07. The molecule has 2 rings (SSSR count). The lowest BCUT2D eigenvalue weighted by Crippen LogP contribution is -2.18. The molecule has 0 saturated carbocycles. The van der Waals surface area contributed by atoms with E-state index >= 15 is 0 Å². The third-order valence-electron chi connectivity index (χ3n) is 2.08. The summed E-state index contributed by atoms with van der Waals surface area (Å²) in [6, 6.07) is 1.91. The zero-order valence-corrected chi connectivity index (χ0v) is 8.42. The number of hydrogen-bond acceptors (Lipinski definition) is 5. The number of nitrogen functional groups attached to an aromatic ring is 1. The van der Waals surface area contributed by atoms with Crippen molar-refractivity contribution in [1.29, 1.82) is 0 Å². The molecule has 0 aliphatic carbocycles. The minimum atomic E-state index is 0.573. The predicted molar refractivity (Wildman–Crippen MR) is 57.3 cm³/mol. The Labute approximate surface area is 87.6 Å². The molecule has 0 bridgehead atoms. The van der Waals surface area contributed by atoms with Crippen LogP contribution in [0.1, 0.15) is 5.56 Å². The number of aromatic nitrogens is 2. The summed E-state index contributed by atoms with van der Waals surface area (Å²) < 4.78 is 4.99. The number of nitrogens with two attached hydrogens (primary N) is 1. The molecule has 2 heterocycles. The van der Waals surface area contributed by atoms with E-state index in [1.165, 1.54) is 6.33 Å². The van der Waals surface area contributed by atoms with Crippen LogP contribution in [-0.4, -0.2) is 17.0 Å². The fourth-order valence-corrected chi connectivity index (χ4v) is 1.38. The van der Waals surface area contributed by atoms with E-state index in [2.05, 4.69) is 9.97 Å². The van der Waals surface area contributed by atoms with Crippen LogP contribution in [0.2, 0.25) is 0 Å². The molecular formula is C10H12N4O. The van der Waals surface area contributed by atoms with Crippen molar-refractivity contribution in [1.82, 2.24) is 9.97 Å². The normalized spacial score (nSPS) is 10.2. The highest BCUT2D eigenvalue weighted by molar-refractivity contribution is 5.60. The molecule has 78 valence electrons. The maximum atomic E-state index is 5.76. The van der Waals surface area contributed by atoms with Crippen LogP contribution in [0.15, 0.2) is 35.5 Å². The molecule has 2 aromatic rings. The Morgan fingerprint density at radius 2 is 2.40 bits per heavy atom. The monoisotopic (exact) mass is 204 g/mol. The number of furan rings is 1. The number of anilines is 2. The van der Waals surface area contributed by atoms with Gasteiger partial charge in [-0.3, -0.25) is 0 Å². The van der Waals surface area contributed by atoms with Gasteiger partial charge in [0.05, 0.1) is 24.4 Å². The minimum absolute atomic E-state index is 0.573. The standard InChI is InChI=1S/C10H12N4O/c1-14(5-8-2-3-15-6-8)10-9(11)4-12-7-13-10/h2-4,6-7H,5,11H2,1H3. The lowest BCUT2D eigenvalue weighted by molar-refractivity contribution is 0.563. The maximum Gasteiger partial charge on any atom is 0.155 e. The molecule has 2 aromatic heterocycles. The van der Waals surface area contributed by atoms with Gasteiger partial charge in [0.15, 0.2) is 5.82 Å². The molecule has 0 fully saturated rings. The highest BCUT2D eigenvalue weighted by atomic mass is 16.3. The van der Waals surface area contributed by atoms with Gasteiger partial charge in [0.25, 0.3) is 0 Å². The SMILES string of the molecule is CN(Cc1ccoc1)c1ncncc1N. The van der Waals surface area contributed by atoms with E-state index in [4.69, 9.17) is 10.2 Å². The van der Waals surface area contributed by atoms with Crippen LogP contribution in [0.5, 0.6) is 0 Å². The molecule has 0 aliphatic heterocycles. The second kappa shape index (κ2) is 4.00. The van der Waals surface area contributed by atoms with E-state index in [-0.39, 0.29) is 0 Å². The van der Waals surface area contributed by atoms with Gasteiger partial charge in [0.2, 0.25) is 0 Å². The fourth-order valence-electron chi connectivity index (χ4n) is 1.38. The van der Waals surface area contributed by atoms with Gasteiger partial charge < -0.3 is 15.1 Å². The molecule has 0 amide bonds. The molecule has 0 spiro atoms. The van der Waals surface area contributed by atoms with Gasteiger partial charge in [0, 0.05) is 19.2 Å². The molecular weight excluding hydrogens is 192 g/mol. The summed E-state index contributed by atoms with van der Waals surface area (Å²) >= 11 is 0. The first kappa shape index (κ1) is 9.51. The first-order chi connectivity index (χ1) is 7.27. The topological polar surface area (TPSA) is 68.2 Å². The molecule has 0 unspecified atom stereocenters. The van der Waals surface area contributed by atoms with Gasteiger partial charge in [-0.15, -0.1) is 0 Å². The third-order valence-corrected chi connectivity index (χ3v) is 2.08. The maximum absolute atomic E-state index is 5.76. The number of nitrogens with zero attached hydrogens (tertiary/aromatic N) is 3. The molecule has 2 N–H and O–H groups in total. The average Bonchev–Trinajstić information content (AvgIpc) is 2.71. The van der Waals surface area contributed by atoms with Crippen LogP contribution in [0.25, 0.3) is 0 Å². The first-order valence-corrected chi connectivity index (χ1v) is 4.55. The molecule has 0 radical (unpaired) electrons. The number of rotatable bonds is 3. The van der Waals surface area contributed by atoms with Crippen molar-refractivity contribution in [2.45, 2.75) is 6.54 Å². The highest BCUT2D eigenvalue weighted by Gasteiger charge is 2.07. The summed E-state index contributed by atoms with van der Waals surface area (Å²) in [6.07, 6.45) is 6.42. The summed E-state index contributed by atoms with van der Waals surface area (Å²) in [5.41, 5.74) is 7.41. The van der Waals surface area contributed by atoms with Crippen LogP contribution >= 0.6 is 0 Å². The van der Waals surface area contributed by atoms with Gasteiger partial charge in [-0.2, -0.15) is 0 Å². The van der Waals surface area contributed by atoms with Crippen molar-refractivity contribution in [3.8, 4) is 0 Å². The van der Waals surface area contributed by atoms with Crippen molar-refractivity contribution in [3.05, 3.63) is 36.7 Å². The van der Waals surface area contributed by atoms with Gasteiger partial charge in [0.1, 0.15) is 6.33 Å². The number of hydrogen-bond donors (Lipinski definition) is 1. The molecule has 5 nitrogen and oxygen atoms in total. The van der Waals surface area contributed by atoms with Crippen LogP contribution in [0.4, 0.5) is 11.5 Å². The lowest BCUT2D eigenvalue weighted by Gasteiger charge is -2.18. The quantitative estimate of drug-likeness (QED) is 0.815. The largest absolute Gasteiger partial charge is 0.472 e. The smallest absolute Gasteiger partial charge is 0.155 e. The zero-order valence-electron chi connectivity index (χ0n) is 8.42. The Bertz CT molecular complexity index is 427. The van der Waals surface area contributed by atoms with Crippen LogP contribution in [0, 0.1) is 0 Å². The van der Waals surface area contributed by atoms with Crippen LogP contribution < -0.4 is 10.6 Å². The molecule has 0 atom stereocenters. The summed E-state index contributed by atoms with van der Waals surface area (Å²) in [7, 11) is 1.92. The molecule has 15 heavy (non-hydrogen) atoms. The summed E-state index contributed by atoms with van der Waals surface area (Å²) in [4.78, 5) is 9.91. The second-order valence-electron chi connectivity index (χ2n) is 3.29. The Morgan fingerprint density at radius 3 is 3.07 bits per heavy atom. The predicted octanol–water partition coefficient (Wildman–Crippen LogP) is 1.29. The summed E-state index contributed by atoms with van der Waals surface area (Å²) in [5.74, 6) is 0.728. The van der Waals surface area contributed by atoms with E-state index in [0.29, 0.717) is 12.2 Å². The van der Waals surface area contributed by atoms with E-state index in [9.17, 15) is 0 Å². The Balaban J connectivity index is 2.15. The fraction of sp³-hybridized carbons (Fsp3) is 0.200. The van der Waals surface area contributed by atoms with Gasteiger partial charge in [-0.25, -0.2) is 9.97 Å². The van der Waals surface area contributed by atoms with Crippen molar-refractivity contribution in [2.24, 2.45) is 0 Å². The van der Waals surface area contributed by atoms with E-state index < -0.39 is 0 Å². The first-order valence-electron chi connectivity index (χ1n) is 4.55. The van der Waals surface area contributed by atoms with E-state index in [0.717, 1.165) is 11.4 Å². The second-order valence-corrected chi connectivity index (χ2v) is 3.29. The lowest BCUT2D eigenvalue weighted by atomic mass is 10.3. The molecule has 0 saturated heterocycles. The summed E-state index contributed by atoms with van der Waals surface area (Å²) in [6.45, 7) is 0.706. The molecule has 0 aliphatic rings. The van der Waals surface area contributed by atoms with Crippen molar-refractivity contribution < 1.29 is 4.42 Å². The Kier molecular flexibility index (Phi) is 2.53. The van der Waals surface area contributed by atoms with Gasteiger partial charge in [-0.1, -0.05) is 0 Å². The van der Waals surface area contributed by atoms with Crippen molar-refractivity contribution in [3.63, 3.8) is 0 Å². The summed E-state index contributed by atoms with van der Waals surface area (Å²) in [5, 5.41) is 0. The Morgan fingerprint density at radius 1 is 1.53 bits per heavy atom. The van der Waals surface area contributed by atoms with Crippen LogP contribution in [0.3, 0.4) is 0 Å². The average molecular weight is 204 g/mol. The van der Waals surface area contributed by atoms with E-state index in [1.54, 1.807) is 18.7 Å². The molecule has 0 aromatic carbocycles. The highest BCUT2D eigenvalue weighted by Crippen LogP contribution is 2.18. The van der Waals surface area contributed by atoms with Crippen molar-refractivity contribution >= 4 is 11.5 Å². The van der Waals surface area contributed by atoms with Crippen LogP contribution in [-0.2, 0) is 6.54 Å². The van der Waals surface area contributed by atoms with Gasteiger partial charge >= 0.3 is 0 Å². The van der Waals surface area contributed by atoms with Gasteiger partial charge in [-0.05, 0) is 6.07 Å². The van der Waals surface area contributed by atoms with Crippen molar-refractivity contribution in [2.75, 3.05) is 17.7 Å². The minimum Gasteiger partial charge on any atom is -0.472 e. The zero-order chi connectivity index (χ0) is 10.7. The Hall–Kier alpha value is -2.04. The molecule has 5 heteroatoms.